The van der Waals surface area contributed by atoms with Crippen molar-refractivity contribution in [1.29, 1.82) is 0 Å². The van der Waals surface area contributed by atoms with Crippen LogP contribution in [0.2, 0.25) is 0 Å². The van der Waals surface area contributed by atoms with E-state index in [1.807, 2.05) is 0 Å². The van der Waals surface area contributed by atoms with Crippen molar-refractivity contribution < 1.29 is 4.57 Å². The van der Waals surface area contributed by atoms with E-state index in [0.29, 0.717) is 0 Å². The Labute approximate surface area is 185 Å². The van der Waals surface area contributed by atoms with Gasteiger partial charge in [0.15, 0.2) is 6.20 Å². The van der Waals surface area contributed by atoms with Crippen LogP contribution in [0.3, 0.4) is 0 Å². The summed E-state index contributed by atoms with van der Waals surface area (Å²) in [6.45, 7) is 2.24. The minimum atomic E-state index is 0.785. The zero-order valence-electron chi connectivity index (χ0n) is 18.5. The molecule has 4 aromatic rings. The van der Waals surface area contributed by atoms with Crippen molar-refractivity contribution in [2.75, 3.05) is 0 Å². The highest BCUT2D eigenvalue weighted by Gasteiger charge is 2.40. The SMILES string of the molecule is Cc1cc(-c2ccccc2)ccc1-c1c2ccc(C3CC4CCC3C4)cc2cc[n+]1C. The Balaban J connectivity index is 1.43. The van der Waals surface area contributed by atoms with Crippen molar-refractivity contribution in [3.05, 3.63) is 90.1 Å². The molecule has 1 heterocycles. The predicted molar refractivity (Wildman–Crippen MR) is 129 cm³/mol. The number of hydrogen-bond donors (Lipinski definition) is 0. The summed E-state index contributed by atoms with van der Waals surface area (Å²) in [6, 6.07) is 27.1. The van der Waals surface area contributed by atoms with Crippen LogP contribution >= 0.6 is 0 Å². The van der Waals surface area contributed by atoms with Crippen molar-refractivity contribution in [2.24, 2.45) is 18.9 Å². The van der Waals surface area contributed by atoms with Gasteiger partial charge in [-0.1, -0.05) is 61.0 Å². The van der Waals surface area contributed by atoms with Crippen LogP contribution in [0, 0.1) is 18.8 Å². The topological polar surface area (TPSA) is 3.88 Å². The van der Waals surface area contributed by atoms with E-state index in [4.69, 9.17) is 0 Å². The molecular weight excluding hydrogens is 374 g/mol. The Kier molecular flexibility index (Phi) is 4.45. The van der Waals surface area contributed by atoms with Crippen molar-refractivity contribution in [1.82, 2.24) is 0 Å². The predicted octanol–water partition coefficient (Wildman–Crippen LogP) is 7.21. The third-order valence-corrected chi connectivity index (χ3v) is 7.92. The van der Waals surface area contributed by atoms with E-state index in [-0.39, 0.29) is 0 Å². The summed E-state index contributed by atoms with van der Waals surface area (Å²) >= 11 is 0. The Hall–Kier alpha value is -2.93. The zero-order chi connectivity index (χ0) is 20.9. The second-order valence-corrected chi connectivity index (χ2v) is 9.80. The van der Waals surface area contributed by atoms with Crippen LogP contribution in [0.1, 0.15) is 42.7 Å². The molecule has 2 saturated carbocycles. The van der Waals surface area contributed by atoms with Gasteiger partial charge in [0.25, 0.3) is 0 Å². The molecular formula is C30H30N+. The van der Waals surface area contributed by atoms with Gasteiger partial charge in [0.1, 0.15) is 7.05 Å². The fourth-order valence-electron chi connectivity index (χ4n) is 6.35. The van der Waals surface area contributed by atoms with Crippen LogP contribution in [-0.2, 0) is 7.05 Å². The molecule has 2 fully saturated rings. The number of fused-ring (bicyclic) bond motifs is 3. The van der Waals surface area contributed by atoms with Gasteiger partial charge in [0, 0.05) is 11.6 Å². The minimum Gasteiger partial charge on any atom is -0.200 e. The standard InChI is InChI=1S/C30H30N/c1-20-16-23(22-6-4-3-5-7-22)10-12-27(20)30-28-13-11-25(19-26(28)14-15-31(30)2)29-18-21-8-9-24(29)17-21/h3-7,10-16,19,21,24,29H,8-9,17-18H2,1-2H3/q+1. The van der Waals surface area contributed by atoms with Gasteiger partial charge >= 0.3 is 0 Å². The summed E-state index contributed by atoms with van der Waals surface area (Å²) < 4.78 is 2.28. The van der Waals surface area contributed by atoms with Gasteiger partial charge in [-0.15, -0.1) is 0 Å². The highest BCUT2D eigenvalue weighted by Crippen LogP contribution is 2.53. The molecule has 3 unspecified atom stereocenters. The normalized spacial score (nSPS) is 22.3. The maximum absolute atomic E-state index is 2.48. The third kappa shape index (κ3) is 3.19. The largest absolute Gasteiger partial charge is 0.220 e. The lowest BCUT2D eigenvalue weighted by Gasteiger charge is -2.22. The lowest BCUT2D eigenvalue weighted by atomic mass is 9.82. The van der Waals surface area contributed by atoms with Crippen molar-refractivity contribution in [3.63, 3.8) is 0 Å². The summed E-state index contributed by atoms with van der Waals surface area (Å²) in [5, 5.41) is 2.73. The molecule has 0 saturated heterocycles. The fourth-order valence-corrected chi connectivity index (χ4v) is 6.35. The first kappa shape index (κ1) is 18.8. The van der Waals surface area contributed by atoms with E-state index in [1.54, 1.807) is 5.56 Å². The van der Waals surface area contributed by atoms with E-state index in [0.717, 1.165) is 17.8 Å². The molecule has 1 aromatic heterocycles. The number of aryl methyl sites for hydroxylation is 2. The maximum Gasteiger partial charge on any atom is 0.220 e. The zero-order valence-corrected chi connectivity index (χ0v) is 18.5. The summed E-state index contributed by atoms with van der Waals surface area (Å²) in [5.41, 5.74) is 8.07. The van der Waals surface area contributed by atoms with Crippen molar-refractivity contribution in [2.45, 2.75) is 38.5 Å². The quantitative estimate of drug-likeness (QED) is 0.318. The lowest BCUT2D eigenvalue weighted by Crippen LogP contribution is -2.30. The van der Waals surface area contributed by atoms with Crippen LogP contribution in [0.5, 0.6) is 0 Å². The molecule has 3 aromatic carbocycles. The number of benzene rings is 3. The highest BCUT2D eigenvalue weighted by molar-refractivity contribution is 5.94. The van der Waals surface area contributed by atoms with Crippen molar-refractivity contribution in [3.8, 4) is 22.4 Å². The Morgan fingerprint density at radius 1 is 0.806 bits per heavy atom. The molecule has 6 rings (SSSR count). The number of hydrogen-bond acceptors (Lipinski definition) is 0. The van der Waals surface area contributed by atoms with Crippen LogP contribution in [0.15, 0.2) is 79.0 Å². The summed E-state index contributed by atoms with van der Waals surface area (Å²) in [7, 11) is 2.17. The molecule has 2 aliphatic carbocycles. The van der Waals surface area contributed by atoms with Gasteiger partial charge in [-0.05, 0) is 83.7 Å². The van der Waals surface area contributed by atoms with E-state index in [9.17, 15) is 0 Å². The van der Waals surface area contributed by atoms with Crippen LogP contribution in [0.25, 0.3) is 33.2 Å². The highest BCUT2D eigenvalue weighted by atomic mass is 14.9. The number of aromatic nitrogens is 1. The molecule has 0 aliphatic heterocycles. The molecule has 0 amide bonds. The average molecular weight is 405 g/mol. The fraction of sp³-hybridized carbons (Fsp3) is 0.300. The monoisotopic (exact) mass is 404 g/mol. The van der Waals surface area contributed by atoms with Gasteiger partial charge in [-0.25, -0.2) is 4.57 Å². The first-order chi connectivity index (χ1) is 15.2. The summed E-state index contributed by atoms with van der Waals surface area (Å²) in [4.78, 5) is 0. The molecule has 0 spiro atoms. The van der Waals surface area contributed by atoms with E-state index in [1.165, 1.54) is 64.4 Å². The van der Waals surface area contributed by atoms with Gasteiger partial charge in [-0.2, -0.15) is 0 Å². The molecule has 31 heavy (non-hydrogen) atoms. The molecule has 0 N–H and O–H groups in total. The first-order valence-electron chi connectivity index (χ1n) is 11.8. The molecule has 2 bridgehead atoms. The number of rotatable bonds is 3. The minimum absolute atomic E-state index is 0.785. The first-order valence-corrected chi connectivity index (χ1v) is 11.8. The number of nitrogens with zero attached hydrogens (tertiary/aromatic N) is 1. The average Bonchev–Trinajstić information content (AvgIpc) is 3.44. The Morgan fingerprint density at radius 2 is 1.68 bits per heavy atom. The lowest BCUT2D eigenvalue weighted by molar-refractivity contribution is -0.659. The van der Waals surface area contributed by atoms with Gasteiger partial charge in [-0.3, -0.25) is 0 Å². The molecule has 3 atom stereocenters. The van der Waals surface area contributed by atoms with E-state index < -0.39 is 0 Å². The molecule has 1 heteroatoms. The second kappa shape index (κ2) is 7.34. The number of pyridine rings is 1. The molecule has 154 valence electrons. The van der Waals surface area contributed by atoms with Gasteiger partial charge in [0.2, 0.25) is 5.69 Å². The van der Waals surface area contributed by atoms with Crippen LogP contribution in [0.4, 0.5) is 0 Å². The summed E-state index contributed by atoms with van der Waals surface area (Å²) in [6.07, 6.45) is 8.00. The van der Waals surface area contributed by atoms with Crippen LogP contribution in [-0.4, -0.2) is 0 Å². The smallest absolute Gasteiger partial charge is 0.200 e. The Bertz CT molecular complexity index is 1270. The van der Waals surface area contributed by atoms with Crippen molar-refractivity contribution >= 4 is 10.8 Å². The molecule has 0 radical (unpaired) electrons. The van der Waals surface area contributed by atoms with Gasteiger partial charge in [0.05, 0.1) is 5.39 Å². The third-order valence-electron chi connectivity index (χ3n) is 7.92. The van der Waals surface area contributed by atoms with E-state index >= 15 is 0 Å². The second-order valence-electron chi connectivity index (χ2n) is 9.80. The molecule has 2 aliphatic rings. The molecule has 1 nitrogen and oxygen atoms in total. The van der Waals surface area contributed by atoms with Crippen LogP contribution < -0.4 is 4.57 Å². The summed E-state index contributed by atoms with van der Waals surface area (Å²) in [5.74, 6) is 2.70. The van der Waals surface area contributed by atoms with E-state index in [2.05, 4.69) is 97.5 Å². The maximum atomic E-state index is 2.48. The Morgan fingerprint density at radius 3 is 2.42 bits per heavy atom. The van der Waals surface area contributed by atoms with Gasteiger partial charge < -0.3 is 0 Å².